The molecule has 0 bridgehead atoms. The predicted octanol–water partition coefficient (Wildman–Crippen LogP) is 3.61. The maximum Gasteiger partial charge on any atom is 0.343 e. The van der Waals surface area contributed by atoms with Gasteiger partial charge in [-0.1, -0.05) is 11.6 Å². The van der Waals surface area contributed by atoms with E-state index >= 15 is 0 Å². The van der Waals surface area contributed by atoms with Gasteiger partial charge < -0.3 is 9.30 Å². The lowest BCUT2D eigenvalue weighted by atomic mass is 10.1. The molecule has 1 heterocycles. The Hall–Kier alpha value is -1.88. The molecule has 3 rings (SSSR count). The van der Waals surface area contributed by atoms with Crippen LogP contribution in [0, 0.1) is 12.7 Å². The second-order valence-corrected chi connectivity index (χ2v) is 5.83. The molecule has 2 aromatic rings. The SMILES string of the molecule is CCOC(=O)c1cn(C2CC2)c2c(Cl)c(F)c(C)cc2c1=O. The van der Waals surface area contributed by atoms with Crippen molar-refractivity contribution < 1.29 is 13.9 Å². The number of pyridine rings is 1. The van der Waals surface area contributed by atoms with Crippen LogP contribution in [-0.2, 0) is 4.74 Å². The molecule has 6 heteroatoms. The van der Waals surface area contributed by atoms with Crippen LogP contribution in [0.1, 0.15) is 41.7 Å². The van der Waals surface area contributed by atoms with E-state index in [1.54, 1.807) is 18.4 Å². The fourth-order valence-corrected chi connectivity index (χ4v) is 2.92. The van der Waals surface area contributed by atoms with Gasteiger partial charge in [-0.25, -0.2) is 9.18 Å². The normalized spacial score (nSPS) is 14.4. The van der Waals surface area contributed by atoms with E-state index in [4.69, 9.17) is 16.3 Å². The zero-order valence-corrected chi connectivity index (χ0v) is 13.0. The second-order valence-electron chi connectivity index (χ2n) is 5.45. The number of aromatic nitrogens is 1. The van der Waals surface area contributed by atoms with Crippen LogP contribution < -0.4 is 5.43 Å². The number of rotatable bonds is 3. The molecule has 1 aliphatic rings. The first-order chi connectivity index (χ1) is 10.5. The summed E-state index contributed by atoms with van der Waals surface area (Å²) in [7, 11) is 0. The summed E-state index contributed by atoms with van der Waals surface area (Å²) in [6, 6.07) is 1.58. The Bertz CT molecular complexity index is 840. The van der Waals surface area contributed by atoms with Crippen LogP contribution in [0.5, 0.6) is 0 Å². The average Bonchev–Trinajstić information content (AvgIpc) is 3.30. The van der Waals surface area contributed by atoms with Crippen molar-refractivity contribution in [3.63, 3.8) is 0 Å². The van der Waals surface area contributed by atoms with E-state index < -0.39 is 17.2 Å². The number of halogens is 2. The number of nitrogens with zero attached hydrogens (tertiary/aromatic N) is 1. The van der Waals surface area contributed by atoms with Gasteiger partial charge in [0.15, 0.2) is 0 Å². The molecule has 0 spiro atoms. The summed E-state index contributed by atoms with van der Waals surface area (Å²) in [4.78, 5) is 24.6. The Labute approximate surface area is 131 Å². The molecule has 0 saturated heterocycles. The number of fused-ring (bicyclic) bond motifs is 1. The van der Waals surface area contributed by atoms with Crippen LogP contribution >= 0.6 is 11.6 Å². The first-order valence-electron chi connectivity index (χ1n) is 7.16. The van der Waals surface area contributed by atoms with Gasteiger partial charge in [0.05, 0.1) is 12.1 Å². The van der Waals surface area contributed by atoms with E-state index in [1.807, 2.05) is 0 Å². The average molecular weight is 324 g/mol. The first kappa shape index (κ1) is 15.0. The van der Waals surface area contributed by atoms with Crippen molar-refractivity contribution in [2.75, 3.05) is 6.61 Å². The third kappa shape index (κ3) is 2.29. The van der Waals surface area contributed by atoms with Gasteiger partial charge in [-0.2, -0.15) is 0 Å². The lowest BCUT2D eigenvalue weighted by Crippen LogP contribution is -2.21. The van der Waals surface area contributed by atoms with Crippen LogP contribution in [0.4, 0.5) is 4.39 Å². The summed E-state index contributed by atoms with van der Waals surface area (Å²) in [5.74, 6) is -1.20. The van der Waals surface area contributed by atoms with Gasteiger partial charge in [0, 0.05) is 17.6 Å². The summed E-state index contributed by atoms with van der Waals surface area (Å²) in [5.41, 5.74) is 0.113. The largest absolute Gasteiger partial charge is 0.462 e. The van der Waals surface area contributed by atoms with Gasteiger partial charge in [-0.15, -0.1) is 0 Å². The molecule has 116 valence electrons. The maximum absolute atomic E-state index is 14.1. The summed E-state index contributed by atoms with van der Waals surface area (Å²) >= 11 is 6.12. The van der Waals surface area contributed by atoms with Crippen molar-refractivity contribution in [3.05, 3.63) is 44.5 Å². The van der Waals surface area contributed by atoms with E-state index in [0.717, 1.165) is 12.8 Å². The zero-order chi connectivity index (χ0) is 16.0. The third-order valence-electron chi connectivity index (χ3n) is 3.81. The van der Waals surface area contributed by atoms with E-state index in [1.165, 1.54) is 12.3 Å². The maximum atomic E-state index is 14.1. The summed E-state index contributed by atoms with van der Waals surface area (Å²) in [6.45, 7) is 3.40. The molecule has 0 unspecified atom stereocenters. The molecular formula is C16H15ClFNO3. The minimum absolute atomic E-state index is 0.0386. The Morgan fingerprint density at radius 2 is 2.18 bits per heavy atom. The van der Waals surface area contributed by atoms with Crippen LogP contribution in [-0.4, -0.2) is 17.1 Å². The van der Waals surface area contributed by atoms with Crippen LogP contribution in [0.3, 0.4) is 0 Å². The Morgan fingerprint density at radius 1 is 1.50 bits per heavy atom. The lowest BCUT2D eigenvalue weighted by molar-refractivity contribution is 0.0524. The monoisotopic (exact) mass is 323 g/mol. The zero-order valence-electron chi connectivity index (χ0n) is 12.3. The van der Waals surface area contributed by atoms with Crippen molar-refractivity contribution in [2.45, 2.75) is 32.7 Å². The number of hydrogen-bond acceptors (Lipinski definition) is 3. The molecule has 1 aromatic heterocycles. The smallest absolute Gasteiger partial charge is 0.343 e. The number of carbonyl (C=O) groups excluding carboxylic acids is 1. The number of hydrogen-bond donors (Lipinski definition) is 0. The highest BCUT2D eigenvalue weighted by Gasteiger charge is 2.29. The number of esters is 1. The van der Waals surface area contributed by atoms with Crippen LogP contribution in [0.2, 0.25) is 5.02 Å². The summed E-state index contributed by atoms with van der Waals surface area (Å²) in [6.07, 6.45) is 3.26. The van der Waals surface area contributed by atoms with Crippen molar-refractivity contribution in [3.8, 4) is 0 Å². The van der Waals surface area contributed by atoms with E-state index in [9.17, 15) is 14.0 Å². The van der Waals surface area contributed by atoms with Crippen molar-refractivity contribution in [2.24, 2.45) is 0 Å². The molecule has 0 aliphatic heterocycles. The molecule has 22 heavy (non-hydrogen) atoms. The highest BCUT2D eigenvalue weighted by atomic mass is 35.5. The molecule has 4 nitrogen and oxygen atoms in total. The minimum atomic E-state index is -0.665. The first-order valence-corrected chi connectivity index (χ1v) is 7.54. The Kier molecular flexibility index (Phi) is 3.68. The van der Waals surface area contributed by atoms with Gasteiger partial charge in [0.25, 0.3) is 0 Å². The van der Waals surface area contributed by atoms with Crippen molar-refractivity contribution >= 4 is 28.5 Å². The molecular weight excluding hydrogens is 309 g/mol. The molecule has 0 radical (unpaired) electrons. The highest BCUT2D eigenvalue weighted by Crippen LogP contribution is 2.39. The third-order valence-corrected chi connectivity index (χ3v) is 4.16. The Balaban J connectivity index is 2.38. The highest BCUT2D eigenvalue weighted by molar-refractivity contribution is 6.35. The fourth-order valence-electron chi connectivity index (χ4n) is 2.57. The van der Waals surface area contributed by atoms with Crippen LogP contribution in [0.25, 0.3) is 10.9 Å². The molecule has 1 aromatic carbocycles. The molecule has 1 saturated carbocycles. The summed E-state index contributed by atoms with van der Waals surface area (Å²) < 4.78 is 20.8. The second kappa shape index (κ2) is 5.39. The molecule has 0 N–H and O–H groups in total. The quantitative estimate of drug-likeness (QED) is 0.811. The Morgan fingerprint density at radius 3 is 2.77 bits per heavy atom. The number of benzene rings is 1. The van der Waals surface area contributed by atoms with Gasteiger partial charge in [-0.3, -0.25) is 4.79 Å². The number of ether oxygens (including phenoxy) is 1. The predicted molar refractivity (Wildman–Crippen MR) is 82.1 cm³/mol. The molecule has 0 amide bonds. The number of carbonyl (C=O) groups is 1. The van der Waals surface area contributed by atoms with E-state index in [-0.39, 0.29) is 34.2 Å². The molecule has 0 atom stereocenters. The van der Waals surface area contributed by atoms with Gasteiger partial charge in [0.2, 0.25) is 5.43 Å². The van der Waals surface area contributed by atoms with E-state index in [0.29, 0.717) is 5.52 Å². The summed E-state index contributed by atoms with van der Waals surface area (Å²) in [5, 5.41) is 0.177. The van der Waals surface area contributed by atoms with Crippen molar-refractivity contribution in [1.29, 1.82) is 0 Å². The minimum Gasteiger partial charge on any atom is -0.462 e. The van der Waals surface area contributed by atoms with Gasteiger partial charge in [-0.05, 0) is 38.3 Å². The topological polar surface area (TPSA) is 48.3 Å². The molecule has 1 aliphatic carbocycles. The molecule has 1 fully saturated rings. The van der Waals surface area contributed by atoms with Gasteiger partial charge in [0.1, 0.15) is 16.4 Å². The number of aryl methyl sites for hydroxylation is 1. The lowest BCUT2D eigenvalue weighted by Gasteiger charge is -2.15. The van der Waals surface area contributed by atoms with Crippen LogP contribution in [0.15, 0.2) is 17.1 Å². The fraction of sp³-hybridized carbons (Fsp3) is 0.375. The van der Waals surface area contributed by atoms with Gasteiger partial charge >= 0.3 is 5.97 Å². The standard InChI is InChI=1S/C16H15ClFNO3/c1-3-22-16(21)11-7-19(9-4-5-9)14-10(15(11)20)6-8(2)13(18)12(14)17/h6-7,9H,3-5H2,1-2H3. The van der Waals surface area contributed by atoms with Crippen molar-refractivity contribution in [1.82, 2.24) is 4.57 Å². The van der Waals surface area contributed by atoms with E-state index in [2.05, 4.69) is 0 Å².